The van der Waals surface area contributed by atoms with Crippen LogP contribution in [0.5, 0.6) is 0 Å². The zero-order valence-corrected chi connectivity index (χ0v) is 14.3. The van der Waals surface area contributed by atoms with Crippen LogP contribution in [0.25, 0.3) is 0 Å². The number of carbonyl (C=O) groups is 1. The molecule has 1 heterocycles. The lowest BCUT2D eigenvalue weighted by molar-refractivity contribution is -0.194. The van der Waals surface area contributed by atoms with Crippen LogP contribution in [-0.2, 0) is 17.6 Å². The highest BCUT2D eigenvalue weighted by Gasteiger charge is 2.50. The van der Waals surface area contributed by atoms with Gasteiger partial charge in [-0.15, -0.1) is 11.3 Å². The van der Waals surface area contributed by atoms with Crippen LogP contribution >= 0.6 is 11.3 Å². The SMILES string of the molecule is CC[C@@](C)(NC(=O)Cc1csc(Cc2ccccc2)n1)C(F)(F)F. The first-order valence-electron chi connectivity index (χ1n) is 7.58. The van der Waals surface area contributed by atoms with E-state index in [1.54, 1.807) is 5.38 Å². The van der Waals surface area contributed by atoms with Crippen molar-refractivity contribution < 1.29 is 18.0 Å². The largest absolute Gasteiger partial charge is 0.411 e. The molecule has 0 aliphatic heterocycles. The highest BCUT2D eigenvalue weighted by molar-refractivity contribution is 7.09. The van der Waals surface area contributed by atoms with Gasteiger partial charge in [0, 0.05) is 11.8 Å². The molecule has 0 aliphatic rings. The van der Waals surface area contributed by atoms with Gasteiger partial charge >= 0.3 is 6.18 Å². The summed E-state index contributed by atoms with van der Waals surface area (Å²) in [6.07, 6.45) is -4.23. The topological polar surface area (TPSA) is 42.0 Å². The molecule has 130 valence electrons. The first-order valence-corrected chi connectivity index (χ1v) is 8.46. The molecule has 7 heteroatoms. The Morgan fingerprint density at radius 3 is 2.50 bits per heavy atom. The number of halogens is 3. The van der Waals surface area contributed by atoms with Gasteiger partial charge in [0.1, 0.15) is 5.54 Å². The van der Waals surface area contributed by atoms with E-state index >= 15 is 0 Å². The summed E-state index contributed by atoms with van der Waals surface area (Å²) in [5.41, 5.74) is -0.630. The van der Waals surface area contributed by atoms with Crippen molar-refractivity contribution >= 4 is 17.2 Å². The van der Waals surface area contributed by atoms with Crippen molar-refractivity contribution in [2.24, 2.45) is 0 Å². The van der Waals surface area contributed by atoms with Gasteiger partial charge in [-0.1, -0.05) is 37.3 Å². The van der Waals surface area contributed by atoms with Gasteiger partial charge in [-0.3, -0.25) is 4.79 Å². The van der Waals surface area contributed by atoms with Gasteiger partial charge < -0.3 is 5.32 Å². The molecule has 1 aromatic heterocycles. The third kappa shape index (κ3) is 4.56. The lowest BCUT2D eigenvalue weighted by Crippen LogP contribution is -2.56. The molecule has 0 fully saturated rings. The second-order valence-electron chi connectivity index (χ2n) is 5.80. The minimum atomic E-state index is -4.49. The quantitative estimate of drug-likeness (QED) is 0.846. The summed E-state index contributed by atoms with van der Waals surface area (Å²) in [6, 6.07) is 9.74. The highest BCUT2D eigenvalue weighted by atomic mass is 32.1. The van der Waals surface area contributed by atoms with Crippen molar-refractivity contribution in [2.45, 2.75) is 44.8 Å². The van der Waals surface area contributed by atoms with Crippen molar-refractivity contribution in [3.63, 3.8) is 0 Å². The second kappa shape index (κ2) is 7.34. The number of aromatic nitrogens is 1. The Labute approximate surface area is 142 Å². The van der Waals surface area contributed by atoms with Gasteiger partial charge in [0.25, 0.3) is 0 Å². The van der Waals surface area contributed by atoms with E-state index in [0.717, 1.165) is 17.5 Å². The van der Waals surface area contributed by atoms with Crippen molar-refractivity contribution in [1.29, 1.82) is 0 Å². The van der Waals surface area contributed by atoms with Crippen LogP contribution < -0.4 is 5.32 Å². The molecule has 2 rings (SSSR count). The Kier molecular flexibility index (Phi) is 5.64. The van der Waals surface area contributed by atoms with Crippen molar-refractivity contribution in [3.05, 3.63) is 52.0 Å². The van der Waals surface area contributed by atoms with Crippen LogP contribution in [0.15, 0.2) is 35.7 Å². The molecule has 0 radical (unpaired) electrons. The van der Waals surface area contributed by atoms with Gasteiger partial charge in [0.2, 0.25) is 5.91 Å². The van der Waals surface area contributed by atoms with Crippen molar-refractivity contribution in [1.82, 2.24) is 10.3 Å². The molecular weight excluding hydrogens is 337 g/mol. The number of thiazole rings is 1. The van der Waals surface area contributed by atoms with Gasteiger partial charge in [-0.25, -0.2) is 4.98 Å². The fourth-order valence-corrected chi connectivity index (χ4v) is 2.99. The number of alkyl halides is 3. The lowest BCUT2D eigenvalue weighted by atomic mass is 9.98. The van der Waals surface area contributed by atoms with Gasteiger partial charge in [-0.2, -0.15) is 13.2 Å². The Hall–Kier alpha value is -1.89. The predicted octanol–water partition coefficient (Wildman–Crippen LogP) is 4.12. The Bertz CT molecular complexity index is 685. The fourth-order valence-electron chi connectivity index (χ4n) is 2.16. The van der Waals surface area contributed by atoms with E-state index in [1.165, 1.54) is 18.3 Å². The molecule has 0 aliphatic carbocycles. The zero-order valence-electron chi connectivity index (χ0n) is 13.5. The number of carbonyl (C=O) groups excluding carboxylic acids is 1. The molecule has 0 spiro atoms. The molecule has 0 saturated carbocycles. The molecule has 1 amide bonds. The van der Waals surface area contributed by atoms with Gasteiger partial charge in [0.15, 0.2) is 0 Å². The van der Waals surface area contributed by atoms with E-state index in [4.69, 9.17) is 0 Å². The summed E-state index contributed by atoms with van der Waals surface area (Å²) in [7, 11) is 0. The minimum absolute atomic E-state index is 0.156. The van der Waals surface area contributed by atoms with E-state index in [-0.39, 0.29) is 12.8 Å². The molecular formula is C17H19F3N2OS. The Morgan fingerprint density at radius 2 is 1.92 bits per heavy atom. The zero-order chi connectivity index (χ0) is 17.8. The monoisotopic (exact) mass is 356 g/mol. The van der Waals surface area contributed by atoms with Crippen LogP contribution in [-0.4, -0.2) is 22.6 Å². The fraction of sp³-hybridized carbons (Fsp3) is 0.412. The number of nitrogens with one attached hydrogen (secondary N) is 1. The molecule has 0 saturated heterocycles. The van der Waals surface area contributed by atoms with E-state index < -0.39 is 17.6 Å². The first kappa shape index (κ1) is 18.4. The number of hydrogen-bond donors (Lipinski definition) is 1. The molecule has 1 aromatic carbocycles. The third-order valence-electron chi connectivity index (χ3n) is 3.89. The molecule has 1 N–H and O–H groups in total. The average molecular weight is 356 g/mol. The van der Waals surface area contributed by atoms with Crippen LogP contribution in [0, 0.1) is 0 Å². The second-order valence-corrected chi connectivity index (χ2v) is 6.75. The molecule has 24 heavy (non-hydrogen) atoms. The molecule has 1 atom stereocenters. The minimum Gasteiger partial charge on any atom is -0.342 e. The van der Waals surface area contributed by atoms with E-state index in [0.29, 0.717) is 12.1 Å². The summed E-state index contributed by atoms with van der Waals surface area (Å²) < 4.78 is 39.1. The number of nitrogens with zero attached hydrogens (tertiary/aromatic N) is 1. The van der Waals surface area contributed by atoms with E-state index in [9.17, 15) is 18.0 Å². The number of rotatable bonds is 6. The van der Waals surface area contributed by atoms with E-state index in [1.807, 2.05) is 30.3 Å². The summed E-state index contributed by atoms with van der Waals surface area (Å²) >= 11 is 1.40. The van der Waals surface area contributed by atoms with Crippen LogP contribution in [0.4, 0.5) is 13.2 Å². The summed E-state index contributed by atoms with van der Waals surface area (Å²) in [6.45, 7) is 2.39. The Morgan fingerprint density at radius 1 is 1.25 bits per heavy atom. The maximum absolute atomic E-state index is 13.0. The maximum Gasteiger partial charge on any atom is 0.411 e. The smallest absolute Gasteiger partial charge is 0.342 e. The standard InChI is InChI=1S/C17H19F3N2OS/c1-3-16(2,17(18,19)20)22-14(23)10-13-11-24-15(21-13)9-12-7-5-4-6-8-12/h4-8,11H,3,9-10H2,1-2H3,(H,22,23)/t16-/m1/s1. The normalized spacial score (nSPS) is 14.2. The molecule has 3 nitrogen and oxygen atoms in total. The first-order chi connectivity index (χ1) is 11.2. The van der Waals surface area contributed by atoms with E-state index in [2.05, 4.69) is 10.3 Å². The molecule has 0 bridgehead atoms. The highest BCUT2D eigenvalue weighted by Crippen LogP contribution is 2.32. The summed E-state index contributed by atoms with van der Waals surface area (Å²) in [4.78, 5) is 16.3. The van der Waals surface area contributed by atoms with Crippen LogP contribution in [0.3, 0.4) is 0 Å². The molecule has 2 aromatic rings. The number of hydrogen-bond acceptors (Lipinski definition) is 3. The van der Waals surface area contributed by atoms with Crippen molar-refractivity contribution in [3.8, 4) is 0 Å². The van der Waals surface area contributed by atoms with Crippen LogP contribution in [0.2, 0.25) is 0 Å². The van der Waals surface area contributed by atoms with Crippen LogP contribution in [0.1, 0.15) is 36.5 Å². The van der Waals surface area contributed by atoms with Crippen molar-refractivity contribution in [2.75, 3.05) is 0 Å². The number of amides is 1. The van der Waals surface area contributed by atoms with Gasteiger partial charge in [-0.05, 0) is 18.9 Å². The average Bonchev–Trinajstić information content (AvgIpc) is 2.93. The Balaban J connectivity index is 1.98. The van der Waals surface area contributed by atoms with Gasteiger partial charge in [0.05, 0.1) is 17.1 Å². The maximum atomic E-state index is 13.0. The third-order valence-corrected chi connectivity index (χ3v) is 4.78. The molecule has 0 unspecified atom stereocenters. The number of benzene rings is 1. The predicted molar refractivity (Wildman–Crippen MR) is 88.0 cm³/mol. The summed E-state index contributed by atoms with van der Waals surface area (Å²) in [5, 5.41) is 4.64. The lowest BCUT2D eigenvalue weighted by Gasteiger charge is -2.31. The summed E-state index contributed by atoms with van der Waals surface area (Å²) in [5.74, 6) is -0.673.